The van der Waals surface area contributed by atoms with Crippen molar-refractivity contribution in [1.29, 1.82) is 0 Å². The highest BCUT2D eigenvalue weighted by Gasteiger charge is 2.09. The van der Waals surface area contributed by atoms with Gasteiger partial charge in [-0.05, 0) is 20.8 Å². The Kier molecular flexibility index (Phi) is 6.32. The van der Waals surface area contributed by atoms with E-state index in [0.29, 0.717) is 19.8 Å². The van der Waals surface area contributed by atoms with Crippen LogP contribution in [0.25, 0.3) is 0 Å². The van der Waals surface area contributed by atoms with Crippen LogP contribution in [0, 0.1) is 0 Å². The second kappa shape index (κ2) is 6.71. The smallest absolute Gasteiger partial charge is 0.317 e. The summed E-state index contributed by atoms with van der Waals surface area (Å²) in [5.41, 5.74) is 0. The fourth-order valence-electron chi connectivity index (χ4n) is 0.801. The lowest BCUT2D eigenvalue weighted by Gasteiger charge is -2.19. The fourth-order valence-corrected chi connectivity index (χ4v) is 0.801. The molecule has 4 heteroatoms. The van der Waals surface area contributed by atoms with Gasteiger partial charge in [-0.2, -0.15) is 0 Å². The van der Waals surface area contributed by atoms with Gasteiger partial charge in [-0.15, -0.1) is 0 Å². The SMILES string of the molecule is CCOCC(C)NC(=O)N(C)CC. The van der Waals surface area contributed by atoms with Crippen LogP contribution in [0.1, 0.15) is 20.8 Å². The summed E-state index contributed by atoms with van der Waals surface area (Å²) in [7, 11) is 1.77. The number of carbonyl (C=O) groups excluding carboxylic acids is 1. The van der Waals surface area contributed by atoms with Crippen molar-refractivity contribution in [3.63, 3.8) is 0 Å². The van der Waals surface area contributed by atoms with Gasteiger partial charge in [0.15, 0.2) is 0 Å². The Labute approximate surface area is 80.2 Å². The molecule has 0 aromatic heterocycles. The average molecular weight is 188 g/mol. The van der Waals surface area contributed by atoms with Gasteiger partial charge in [0.25, 0.3) is 0 Å². The van der Waals surface area contributed by atoms with Crippen molar-refractivity contribution < 1.29 is 9.53 Å². The van der Waals surface area contributed by atoms with Crippen molar-refractivity contribution in [2.75, 3.05) is 26.8 Å². The lowest BCUT2D eigenvalue weighted by Crippen LogP contribution is -2.43. The van der Waals surface area contributed by atoms with Gasteiger partial charge in [-0.1, -0.05) is 0 Å². The maximum Gasteiger partial charge on any atom is 0.317 e. The highest BCUT2D eigenvalue weighted by molar-refractivity contribution is 5.74. The Morgan fingerprint density at radius 3 is 2.62 bits per heavy atom. The molecule has 1 atom stereocenters. The lowest BCUT2D eigenvalue weighted by atomic mass is 10.4. The molecule has 78 valence electrons. The van der Waals surface area contributed by atoms with Crippen LogP contribution < -0.4 is 5.32 Å². The van der Waals surface area contributed by atoms with E-state index in [9.17, 15) is 4.79 Å². The molecule has 0 aliphatic carbocycles. The van der Waals surface area contributed by atoms with Crippen LogP contribution in [-0.4, -0.2) is 43.8 Å². The molecule has 0 saturated carbocycles. The van der Waals surface area contributed by atoms with Gasteiger partial charge in [0.1, 0.15) is 0 Å². The van der Waals surface area contributed by atoms with E-state index in [1.807, 2.05) is 20.8 Å². The minimum atomic E-state index is -0.0466. The number of nitrogens with zero attached hydrogens (tertiary/aromatic N) is 1. The molecule has 0 saturated heterocycles. The summed E-state index contributed by atoms with van der Waals surface area (Å²) in [4.78, 5) is 12.9. The molecule has 0 fully saturated rings. The molecule has 1 unspecified atom stereocenters. The van der Waals surface area contributed by atoms with E-state index in [1.165, 1.54) is 0 Å². The first-order valence-corrected chi connectivity index (χ1v) is 4.71. The van der Waals surface area contributed by atoms with Gasteiger partial charge < -0.3 is 15.0 Å². The molecule has 0 aliphatic heterocycles. The number of hydrogen-bond acceptors (Lipinski definition) is 2. The highest BCUT2D eigenvalue weighted by atomic mass is 16.5. The molecule has 1 N–H and O–H groups in total. The number of rotatable bonds is 5. The standard InChI is InChI=1S/C9H20N2O2/c1-5-11(4)9(12)10-8(3)7-13-6-2/h8H,5-7H2,1-4H3,(H,10,12). The Morgan fingerprint density at radius 2 is 2.15 bits per heavy atom. The van der Waals surface area contributed by atoms with Crippen LogP contribution in [0.3, 0.4) is 0 Å². The average Bonchev–Trinajstić information content (AvgIpc) is 2.13. The molecule has 13 heavy (non-hydrogen) atoms. The fraction of sp³-hybridized carbons (Fsp3) is 0.889. The molecular formula is C9H20N2O2. The predicted molar refractivity (Wildman–Crippen MR) is 52.8 cm³/mol. The molecule has 2 amide bonds. The number of carbonyl (C=O) groups is 1. The maximum absolute atomic E-state index is 11.3. The monoisotopic (exact) mass is 188 g/mol. The van der Waals surface area contributed by atoms with Crippen molar-refractivity contribution in [1.82, 2.24) is 10.2 Å². The molecular weight excluding hydrogens is 168 g/mol. The Morgan fingerprint density at radius 1 is 1.54 bits per heavy atom. The van der Waals surface area contributed by atoms with Crippen LogP contribution in [0.4, 0.5) is 4.79 Å². The van der Waals surface area contributed by atoms with Crippen molar-refractivity contribution >= 4 is 6.03 Å². The Balaban J connectivity index is 3.64. The van der Waals surface area contributed by atoms with Gasteiger partial charge in [-0.25, -0.2) is 4.79 Å². The zero-order chi connectivity index (χ0) is 10.3. The van der Waals surface area contributed by atoms with E-state index in [0.717, 1.165) is 0 Å². The summed E-state index contributed by atoms with van der Waals surface area (Å²) in [5.74, 6) is 0. The van der Waals surface area contributed by atoms with Crippen LogP contribution in [0.15, 0.2) is 0 Å². The summed E-state index contributed by atoms with van der Waals surface area (Å²) < 4.78 is 5.18. The number of urea groups is 1. The normalized spacial score (nSPS) is 12.3. The van der Waals surface area contributed by atoms with Crippen LogP contribution in [-0.2, 0) is 4.74 Å². The van der Waals surface area contributed by atoms with Gasteiger partial charge in [-0.3, -0.25) is 0 Å². The summed E-state index contributed by atoms with van der Waals surface area (Å²) >= 11 is 0. The topological polar surface area (TPSA) is 41.6 Å². The lowest BCUT2D eigenvalue weighted by molar-refractivity contribution is 0.125. The highest BCUT2D eigenvalue weighted by Crippen LogP contribution is 1.88. The maximum atomic E-state index is 11.3. The largest absolute Gasteiger partial charge is 0.380 e. The third-order valence-electron chi connectivity index (χ3n) is 1.76. The van der Waals surface area contributed by atoms with E-state index >= 15 is 0 Å². The van der Waals surface area contributed by atoms with Crippen molar-refractivity contribution in [3.8, 4) is 0 Å². The first-order chi connectivity index (χ1) is 6.11. The Bertz CT molecular complexity index is 151. The number of amides is 2. The van der Waals surface area contributed by atoms with Crippen LogP contribution in [0.2, 0.25) is 0 Å². The van der Waals surface area contributed by atoms with Crippen molar-refractivity contribution in [3.05, 3.63) is 0 Å². The Hall–Kier alpha value is -0.770. The molecule has 0 aliphatic rings. The van der Waals surface area contributed by atoms with E-state index in [4.69, 9.17) is 4.74 Å². The summed E-state index contributed by atoms with van der Waals surface area (Å²) in [6.45, 7) is 7.77. The van der Waals surface area contributed by atoms with Crippen molar-refractivity contribution in [2.24, 2.45) is 0 Å². The third-order valence-corrected chi connectivity index (χ3v) is 1.76. The minimum Gasteiger partial charge on any atom is -0.380 e. The minimum absolute atomic E-state index is 0.0466. The molecule has 0 rings (SSSR count). The molecule has 0 heterocycles. The quantitative estimate of drug-likeness (QED) is 0.701. The number of ether oxygens (including phenoxy) is 1. The van der Waals surface area contributed by atoms with E-state index < -0.39 is 0 Å². The predicted octanol–water partition coefficient (Wildman–Crippen LogP) is 1.07. The first kappa shape index (κ1) is 12.2. The van der Waals surface area contributed by atoms with E-state index in [2.05, 4.69) is 5.32 Å². The molecule has 4 nitrogen and oxygen atoms in total. The molecule has 0 bridgehead atoms. The second-order valence-corrected chi connectivity index (χ2v) is 3.02. The zero-order valence-electron chi connectivity index (χ0n) is 8.96. The number of nitrogens with one attached hydrogen (secondary N) is 1. The molecule has 0 spiro atoms. The van der Waals surface area contributed by atoms with Gasteiger partial charge in [0.05, 0.1) is 12.6 Å². The first-order valence-electron chi connectivity index (χ1n) is 4.71. The molecule has 0 aromatic carbocycles. The second-order valence-electron chi connectivity index (χ2n) is 3.02. The molecule has 0 radical (unpaired) electrons. The van der Waals surface area contributed by atoms with Crippen LogP contribution >= 0.6 is 0 Å². The van der Waals surface area contributed by atoms with Crippen LogP contribution in [0.5, 0.6) is 0 Å². The van der Waals surface area contributed by atoms with E-state index in [-0.39, 0.29) is 12.1 Å². The summed E-state index contributed by atoms with van der Waals surface area (Å²) in [6, 6.07) is 0.0242. The van der Waals surface area contributed by atoms with Gasteiger partial charge >= 0.3 is 6.03 Å². The molecule has 0 aromatic rings. The van der Waals surface area contributed by atoms with E-state index in [1.54, 1.807) is 11.9 Å². The summed E-state index contributed by atoms with van der Waals surface area (Å²) in [6.07, 6.45) is 0. The van der Waals surface area contributed by atoms with Crippen molar-refractivity contribution in [2.45, 2.75) is 26.8 Å². The van der Waals surface area contributed by atoms with Gasteiger partial charge in [0.2, 0.25) is 0 Å². The number of hydrogen-bond donors (Lipinski definition) is 1. The summed E-state index contributed by atoms with van der Waals surface area (Å²) in [5, 5.41) is 2.83. The third kappa shape index (κ3) is 5.47. The van der Waals surface area contributed by atoms with Gasteiger partial charge in [0, 0.05) is 20.2 Å². The zero-order valence-corrected chi connectivity index (χ0v) is 8.96.